The molecule has 0 radical (unpaired) electrons. The van der Waals surface area contributed by atoms with E-state index >= 15 is 0 Å². The number of aryl methyl sites for hydroxylation is 1. The number of ether oxygens (including phenoxy) is 2. The fourth-order valence-corrected chi connectivity index (χ4v) is 2.53. The van der Waals surface area contributed by atoms with Gasteiger partial charge in [0.15, 0.2) is 11.5 Å². The van der Waals surface area contributed by atoms with Gasteiger partial charge in [0, 0.05) is 23.2 Å². The van der Waals surface area contributed by atoms with Crippen molar-refractivity contribution < 1.29 is 18.7 Å². The lowest BCUT2D eigenvalue weighted by Crippen LogP contribution is -2.09. The van der Waals surface area contributed by atoms with E-state index in [1.807, 2.05) is 43.3 Å². The van der Waals surface area contributed by atoms with E-state index in [4.69, 9.17) is 13.9 Å². The van der Waals surface area contributed by atoms with Crippen molar-refractivity contribution in [2.75, 3.05) is 19.5 Å². The van der Waals surface area contributed by atoms with Crippen molar-refractivity contribution in [3.8, 4) is 11.5 Å². The summed E-state index contributed by atoms with van der Waals surface area (Å²) in [7, 11) is 3.13. The van der Waals surface area contributed by atoms with Gasteiger partial charge in [0.25, 0.3) is 0 Å². The number of para-hydroxylation sites is 1. The lowest BCUT2D eigenvalue weighted by Gasteiger charge is -2.12. The Morgan fingerprint density at radius 1 is 1.08 bits per heavy atom. The van der Waals surface area contributed by atoms with Gasteiger partial charge in [-0.1, -0.05) is 18.2 Å². The maximum atomic E-state index is 12.2. The molecular weight excluding hydrogens is 318 g/mol. The first kappa shape index (κ1) is 16.6. The highest BCUT2D eigenvalue weighted by atomic mass is 16.5. The van der Waals surface area contributed by atoms with Gasteiger partial charge in [0.2, 0.25) is 5.91 Å². The number of anilines is 1. The molecule has 2 aromatic carbocycles. The summed E-state index contributed by atoms with van der Waals surface area (Å²) < 4.78 is 16.2. The van der Waals surface area contributed by atoms with E-state index in [9.17, 15) is 4.79 Å². The summed E-state index contributed by atoms with van der Waals surface area (Å²) in [5.74, 6) is 1.55. The molecule has 1 aromatic heterocycles. The highest BCUT2D eigenvalue weighted by molar-refractivity contribution is 6.02. The molecule has 0 aliphatic rings. The summed E-state index contributed by atoms with van der Waals surface area (Å²) in [4.78, 5) is 12.2. The van der Waals surface area contributed by atoms with Crippen molar-refractivity contribution >= 4 is 28.6 Å². The number of nitrogens with one attached hydrogen (secondary N) is 1. The van der Waals surface area contributed by atoms with Crippen LogP contribution < -0.4 is 14.8 Å². The van der Waals surface area contributed by atoms with E-state index in [1.165, 1.54) is 6.08 Å². The molecule has 0 fully saturated rings. The van der Waals surface area contributed by atoms with Gasteiger partial charge < -0.3 is 19.2 Å². The molecule has 0 atom stereocenters. The van der Waals surface area contributed by atoms with Gasteiger partial charge in [-0.3, -0.25) is 4.79 Å². The second-order valence-corrected chi connectivity index (χ2v) is 5.53. The molecule has 0 aliphatic carbocycles. The highest BCUT2D eigenvalue weighted by Crippen LogP contribution is 2.32. The molecule has 0 saturated carbocycles. The number of hydrogen-bond acceptors (Lipinski definition) is 4. The van der Waals surface area contributed by atoms with Crippen LogP contribution in [0.5, 0.6) is 11.5 Å². The Bertz CT molecular complexity index is 907. The number of amides is 1. The van der Waals surface area contributed by atoms with Crippen LogP contribution in [0.15, 0.2) is 53.0 Å². The topological polar surface area (TPSA) is 60.7 Å². The molecule has 1 N–H and O–H groups in total. The Morgan fingerprint density at radius 2 is 1.80 bits per heavy atom. The minimum absolute atomic E-state index is 0.254. The van der Waals surface area contributed by atoms with E-state index in [0.717, 1.165) is 16.5 Å². The maximum Gasteiger partial charge on any atom is 0.248 e. The van der Waals surface area contributed by atoms with Crippen LogP contribution in [-0.4, -0.2) is 20.1 Å². The molecule has 5 nitrogen and oxygen atoms in total. The molecule has 0 saturated heterocycles. The summed E-state index contributed by atoms with van der Waals surface area (Å²) in [6.07, 6.45) is 3.08. The standard InChI is InChI=1S/C20H19NO4/c1-13-10-18(23-2)19(24-3)12-16(13)21-20(22)9-8-15-11-14-6-4-5-7-17(14)25-15/h4-12H,1-3H3,(H,21,22)/b9-8+. The van der Waals surface area contributed by atoms with Crippen molar-refractivity contribution in [2.24, 2.45) is 0 Å². The monoisotopic (exact) mass is 337 g/mol. The van der Waals surface area contributed by atoms with Crippen LogP contribution in [0.3, 0.4) is 0 Å². The van der Waals surface area contributed by atoms with Crippen LogP contribution in [-0.2, 0) is 4.79 Å². The van der Waals surface area contributed by atoms with Crippen LogP contribution in [0.4, 0.5) is 5.69 Å². The Labute approximate surface area is 145 Å². The number of furan rings is 1. The number of benzene rings is 2. The summed E-state index contributed by atoms with van der Waals surface area (Å²) >= 11 is 0. The third kappa shape index (κ3) is 3.66. The quantitative estimate of drug-likeness (QED) is 0.701. The van der Waals surface area contributed by atoms with Crippen molar-refractivity contribution in [3.63, 3.8) is 0 Å². The van der Waals surface area contributed by atoms with E-state index in [1.54, 1.807) is 26.4 Å². The van der Waals surface area contributed by atoms with Gasteiger partial charge in [0.05, 0.1) is 14.2 Å². The Balaban J connectivity index is 1.75. The Morgan fingerprint density at radius 3 is 2.52 bits per heavy atom. The fraction of sp³-hybridized carbons (Fsp3) is 0.150. The first-order valence-corrected chi connectivity index (χ1v) is 7.81. The molecule has 0 unspecified atom stereocenters. The number of carbonyl (C=O) groups excluding carboxylic acids is 1. The van der Waals surface area contributed by atoms with Gasteiger partial charge in [-0.15, -0.1) is 0 Å². The molecule has 0 spiro atoms. The SMILES string of the molecule is COc1cc(C)c(NC(=O)/C=C/c2cc3ccccc3o2)cc1OC. The van der Waals surface area contributed by atoms with Crippen LogP contribution in [0, 0.1) is 6.92 Å². The molecule has 5 heteroatoms. The van der Waals surface area contributed by atoms with Crippen LogP contribution in [0.25, 0.3) is 17.0 Å². The summed E-state index contributed by atoms with van der Waals surface area (Å²) in [5.41, 5.74) is 2.33. The molecule has 25 heavy (non-hydrogen) atoms. The molecule has 1 amide bonds. The second kappa shape index (κ2) is 7.13. The fourth-order valence-electron chi connectivity index (χ4n) is 2.53. The zero-order chi connectivity index (χ0) is 17.8. The largest absolute Gasteiger partial charge is 0.493 e. The second-order valence-electron chi connectivity index (χ2n) is 5.53. The first-order valence-electron chi connectivity index (χ1n) is 7.81. The number of carbonyl (C=O) groups is 1. The predicted octanol–water partition coefficient (Wildman–Crippen LogP) is 4.41. The lowest BCUT2D eigenvalue weighted by molar-refractivity contribution is -0.111. The van der Waals surface area contributed by atoms with E-state index in [-0.39, 0.29) is 5.91 Å². The van der Waals surface area contributed by atoms with Crippen molar-refractivity contribution in [2.45, 2.75) is 6.92 Å². The lowest BCUT2D eigenvalue weighted by atomic mass is 10.1. The van der Waals surface area contributed by atoms with Crippen molar-refractivity contribution in [1.82, 2.24) is 0 Å². The number of hydrogen-bond donors (Lipinski definition) is 1. The van der Waals surface area contributed by atoms with Gasteiger partial charge in [-0.2, -0.15) is 0 Å². The van der Waals surface area contributed by atoms with Gasteiger partial charge >= 0.3 is 0 Å². The minimum Gasteiger partial charge on any atom is -0.493 e. The number of rotatable bonds is 5. The predicted molar refractivity (Wildman–Crippen MR) is 98.2 cm³/mol. The molecular formula is C20H19NO4. The van der Waals surface area contributed by atoms with Gasteiger partial charge in [-0.05, 0) is 36.8 Å². The smallest absolute Gasteiger partial charge is 0.248 e. The summed E-state index contributed by atoms with van der Waals surface area (Å²) in [6, 6.07) is 13.1. The summed E-state index contributed by atoms with van der Waals surface area (Å²) in [6.45, 7) is 1.89. The first-order chi connectivity index (χ1) is 12.1. The molecule has 3 aromatic rings. The average molecular weight is 337 g/mol. The molecule has 128 valence electrons. The van der Waals surface area contributed by atoms with Crippen LogP contribution >= 0.6 is 0 Å². The summed E-state index contributed by atoms with van der Waals surface area (Å²) in [5, 5.41) is 3.84. The third-order valence-electron chi connectivity index (χ3n) is 3.83. The van der Waals surface area contributed by atoms with Crippen molar-refractivity contribution in [1.29, 1.82) is 0 Å². The van der Waals surface area contributed by atoms with Crippen LogP contribution in [0.2, 0.25) is 0 Å². The Kier molecular flexibility index (Phi) is 4.75. The number of methoxy groups -OCH3 is 2. The van der Waals surface area contributed by atoms with Gasteiger partial charge in [0.1, 0.15) is 11.3 Å². The highest BCUT2D eigenvalue weighted by Gasteiger charge is 2.10. The molecule has 0 aliphatic heterocycles. The zero-order valence-electron chi connectivity index (χ0n) is 14.3. The third-order valence-corrected chi connectivity index (χ3v) is 3.83. The number of fused-ring (bicyclic) bond motifs is 1. The molecule has 3 rings (SSSR count). The van der Waals surface area contributed by atoms with E-state index in [0.29, 0.717) is 22.9 Å². The minimum atomic E-state index is -0.254. The maximum absolute atomic E-state index is 12.2. The zero-order valence-corrected chi connectivity index (χ0v) is 14.3. The van der Waals surface area contributed by atoms with Gasteiger partial charge in [-0.25, -0.2) is 0 Å². The van der Waals surface area contributed by atoms with E-state index in [2.05, 4.69) is 5.32 Å². The van der Waals surface area contributed by atoms with E-state index < -0.39 is 0 Å². The van der Waals surface area contributed by atoms with Crippen molar-refractivity contribution in [3.05, 3.63) is 59.9 Å². The average Bonchev–Trinajstić information content (AvgIpc) is 3.04. The molecule has 0 bridgehead atoms. The van der Waals surface area contributed by atoms with Crippen LogP contribution in [0.1, 0.15) is 11.3 Å². The normalized spacial score (nSPS) is 11.0. The molecule has 1 heterocycles. The Hall–Kier alpha value is -3.21.